The number of benzene rings is 1. The standard InChI is InChI=1S/C19H27NO/c1-2-13-19(21,17-11-7-6-8-12-17)18(16-20)14-9-4-3-5-10-15-18/h6-8,11-12,21H,2-5,9-10,13-15H2,1H3. The van der Waals surface area contributed by atoms with Crippen molar-refractivity contribution in [1.29, 1.82) is 5.26 Å². The number of nitrogens with zero attached hydrogens (tertiary/aromatic N) is 1. The zero-order chi connectivity index (χ0) is 15.2. The topological polar surface area (TPSA) is 44.0 Å². The van der Waals surface area contributed by atoms with Crippen molar-refractivity contribution in [3.05, 3.63) is 35.9 Å². The van der Waals surface area contributed by atoms with Crippen LogP contribution in [0.3, 0.4) is 0 Å². The Morgan fingerprint density at radius 2 is 1.67 bits per heavy atom. The molecule has 0 saturated heterocycles. The molecule has 0 bridgehead atoms. The summed E-state index contributed by atoms with van der Waals surface area (Å²) in [4.78, 5) is 0. The summed E-state index contributed by atoms with van der Waals surface area (Å²) >= 11 is 0. The maximum absolute atomic E-state index is 11.6. The molecule has 1 atom stereocenters. The Kier molecular flexibility index (Phi) is 5.42. The van der Waals surface area contributed by atoms with Gasteiger partial charge >= 0.3 is 0 Å². The lowest BCUT2D eigenvalue weighted by molar-refractivity contribution is -0.0814. The summed E-state index contributed by atoms with van der Waals surface area (Å²) < 4.78 is 0. The van der Waals surface area contributed by atoms with Crippen LogP contribution in [0.2, 0.25) is 0 Å². The Morgan fingerprint density at radius 3 is 2.19 bits per heavy atom. The van der Waals surface area contributed by atoms with Gasteiger partial charge in [0, 0.05) is 0 Å². The molecular formula is C19H27NO. The zero-order valence-corrected chi connectivity index (χ0v) is 13.1. The van der Waals surface area contributed by atoms with E-state index in [0.29, 0.717) is 6.42 Å². The number of rotatable bonds is 4. The zero-order valence-electron chi connectivity index (χ0n) is 13.1. The fourth-order valence-electron chi connectivity index (χ4n) is 3.86. The highest BCUT2D eigenvalue weighted by molar-refractivity contribution is 5.29. The van der Waals surface area contributed by atoms with E-state index in [1.165, 1.54) is 19.3 Å². The molecule has 0 amide bonds. The van der Waals surface area contributed by atoms with Crippen molar-refractivity contribution in [3.8, 4) is 6.07 Å². The lowest BCUT2D eigenvalue weighted by Crippen LogP contribution is -2.45. The van der Waals surface area contributed by atoms with Crippen molar-refractivity contribution < 1.29 is 5.11 Å². The summed E-state index contributed by atoms with van der Waals surface area (Å²) in [6.07, 6.45) is 8.89. The minimum Gasteiger partial charge on any atom is -0.383 e. The van der Waals surface area contributed by atoms with E-state index in [1.807, 2.05) is 30.3 Å². The van der Waals surface area contributed by atoms with E-state index in [2.05, 4.69) is 13.0 Å². The van der Waals surface area contributed by atoms with E-state index < -0.39 is 11.0 Å². The van der Waals surface area contributed by atoms with Crippen LogP contribution in [0.1, 0.15) is 70.3 Å². The number of hydrogen-bond acceptors (Lipinski definition) is 2. The first-order chi connectivity index (χ1) is 10.2. The fourth-order valence-corrected chi connectivity index (χ4v) is 3.86. The first-order valence-electron chi connectivity index (χ1n) is 8.38. The average molecular weight is 285 g/mol. The highest BCUT2D eigenvalue weighted by atomic mass is 16.3. The van der Waals surface area contributed by atoms with Gasteiger partial charge in [-0.3, -0.25) is 0 Å². The van der Waals surface area contributed by atoms with Crippen molar-refractivity contribution in [2.24, 2.45) is 5.41 Å². The summed E-state index contributed by atoms with van der Waals surface area (Å²) in [5.74, 6) is 0. The van der Waals surface area contributed by atoms with Crippen LogP contribution in [0, 0.1) is 16.7 Å². The minimum atomic E-state index is -1.02. The molecule has 1 N–H and O–H groups in total. The monoisotopic (exact) mass is 285 g/mol. The van der Waals surface area contributed by atoms with Gasteiger partial charge in [-0.25, -0.2) is 0 Å². The molecule has 114 valence electrons. The maximum atomic E-state index is 11.6. The Bertz CT molecular complexity index is 468. The largest absolute Gasteiger partial charge is 0.383 e. The Hall–Kier alpha value is -1.33. The highest BCUT2D eigenvalue weighted by Crippen LogP contribution is 2.50. The van der Waals surface area contributed by atoms with Crippen LogP contribution >= 0.6 is 0 Å². The first kappa shape index (κ1) is 16.0. The third-order valence-corrected chi connectivity index (χ3v) is 5.08. The molecule has 1 fully saturated rings. The van der Waals surface area contributed by atoms with Crippen molar-refractivity contribution in [3.63, 3.8) is 0 Å². The van der Waals surface area contributed by atoms with Crippen LogP contribution in [0.25, 0.3) is 0 Å². The number of nitriles is 1. The van der Waals surface area contributed by atoms with Gasteiger partial charge in [0.05, 0.1) is 11.5 Å². The molecule has 2 rings (SSSR count). The smallest absolute Gasteiger partial charge is 0.108 e. The molecule has 21 heavy (non-hydrogen) atoms. The molecule has 1 aromatic carbocycles. The van der Waals surface area contributed by atoms with Gasteiger partial charge in [-0.05, 0) is 24.8 Å². The Labute approximate surface area is 128 Å². The molecule has 0 aliphatic heterocycles. The van der Waals surface area contributed by atoms with Gasteiger partial charge < -0.3 is 5.11 Å². The van der Waals surface area contributed by atoms with E-state index in [4.69, 9.17) is 0 Å². The fraction of sp³-hybridized carbons (Fsp3) is 0.632. The molecule has 1 unspecified atom stereocenters. The summed E-state index contributed by atoms with van der Waals surface area (Å²) in [7, 11) is 0. The molecule has 0 radical (unpaired) electrons. The van der Waals surface area contributed by atoms with Crippen molar-refractivity contribution >= 4 is 0 Å². The normalized spacial score (nSPS) is 21.6. The SMILES string of the molecule is CCCC(O)(c1ccccc1)C1(C#N)CCCCCCC1. The molecule has 0 heterocycles. The quantitative estimate of drug-likeness (QED) is 0.852. The summed E-state index contributed by atoms with van der Waals surface area (Å²) in [6, 6.07) is 12.4. The van der Waals surface area contributed by atoms with Gasteiger partial charge in [0.2, 0.25) is 0 Å². The molecule has 1 aromatic rings. The van der Waals surface area contributed by atoms with Gasteiger partial charge in [-0.1, -0.05) is 75.8 Å². The van der Waals surface area contributed by atoms with Crippen molar-refractivity contribution in [1.82, 2.24) is 0 Å². The van der Waals surface area contributed by atoms with Crippen LogP contribution in [0.15, 0.2) is 30.3 Å². The summed E-state index contributed by atoms with van der Waals surface area (Å²) in [6.45, 7) is 2.09. The van der Waals surface area contributed by atoms with E-state index in [0.717, 1.165) is 37.7 Å². The lowest BCUT2D eigenvalue weighted by Gasteiger charge is -2.44. The van der Waals surface area contributed by atoms with Gasteiger partial charge in [-0.15, -0.1) is 0 Å². The van der Waals surface area contributed by atoms with Crippen LogP contribution in [0.5, 0.6) is 0 Å². The van der Waals surface area contributed by atoms with Crippen LogP contribution < -0.4 is 0 Å². The third-order valence-electron chi connectivity index (χ3n) is 5.08. The first-order valence-corrected chi connectivity index (χ1v) is 8.38. The summed E-state index contributed by atoms with van der Waals surface area (Å²) in [5.41, 5.74) is -0.742. The predicted molar refractivity (Wildman–Crippen MR) is 85.6 cm³/mol. The van der Waals surface area contributed by atoms with Gasteiger partial charge in [-0.2, -0.15) is 5.26 Å². The Morgan fingerprint density at radius 1 is 1.10 bits per heavy atom. The molecule has 0 spiro atoms. The minimum absolute atomic E-state index is 0.634. The Balaban J connectivity index is 2.44. The molecule has 2 heteroatoms. The lowest BCUT2D eigenvalue weighted by atomic mass is 9.61. The van der Waals surface area contributed by atoms with Crippen molar-refractivity contribution in [2.45, 2.75) is 70.3 Å². The molecule has 2 nitrogen and oxygen atoms in total. The molecule has 0 aromatic heterocycles. The third kappa shape index (κ3) is 3.14. The molecule has 1 aliphatic carbocycles. The van der Waals surface area contributed by atoms with Gasteiger partial charge in [0.1, 0.15) is 5.60 Å². The molecular weight excluding hydrogens is 258 g/mol. The van der Waals surface area contributed by atoms with Gasteiger partial charge in [0.15, 0.2) is 0 Å². The van der Waals surface area contributed by atoms with E-state index >= 15 is 0 Å². The van der Waals surface area contributed by atoms with Crippen LogP contribution in [-0.2, 0) is 5.60 Å². The van der Waals surface area contributed by atoms with Crippen molar-refractivity contribution in [2.75, 3.05) is 0 Å². The van der Waals surface area contributed by atoms with Gasteiger partial charge in [0.25, 0.3) is 0 Å². The predicted octanol–water partition coefficient (Wildman–Crippen LogP) is 4.93. The summed E-state index contributed by atoms with van der Waals surface area (Å²) in [5, 5.41) is 21.5. The van der Waals surface area contributed by atoms with E-state index in [-0.39, 0.29) is 0 Å². The highest BCUT2D eigenvalue weighted by Gasteiger charge is 2.50. The van der Waals surface area contributed by atoms with Crippen LogP contribution in [0.4, 0.5) is 0 Å². The number of aliphatic hydroxyl groups is 1. The second-order valence-corrected chi connectivity index (χ2v) is 6.44. The van der Waals surface area contributed by atoms with E-state index in [1.54, 1.807) is 0 Å². The average Bonchev–Trinajstić information content (AvgIpc) is 2.49. The molecule has 1 saturated carbocycles. The maximum Gasteiger partial charge on any atom is 0.108 e. The second kappa shape index (κ2) is 7.09. The number of hydrogen-bond donors (Lipinski definition) is 1. The molecule has 1 aliphatic rings. The second-order valence-electron chi connectivity index (χ2n) is 6.44. The van der Waals surface area contributed by atoms with E-state index in [9.17, 15) is 10.4 Å². The van der Waals surface area contributed by atoms with Crippen LogP contribution in [-0.4, -0.2) is 5.11 Å².